The Hall–Kier alpha value is -0.300. The summed E-state index contributed by atoms with van der Waals surface area (Å²) in [4.78, 5) is 0. The van der Waals surface area contributed by atoms with Crippen LogP contribution in [0.5, 0.6) is 0 Å². The molecule has 0 aromatic heterocycles. The molecule has 0 amide bonds. The maximum Gasteiger partial charge on any atom is 0.0838 e. The van der Waals surface area contributed by atoms with Crippen LogP contribution in [-0.2, 0) is 0 Å². The number of rotatable bonds is 0. The van der Waals surface area contributed by atoms with Crippen LogP contribution in [0, 0.1) is 11.3 Å². The van der Waals surface area contributed by atoms with Gasteiger partial charge in [-0.15, -0.1) is 0 Å². The first-order valence-electron chi connectivity index (χ1n) is 3.94. The van der Waals surface area contributed by atoms with Gasteiger partial charge >= 0.3 is 0 Å². The lowest BCUT2D eigenvalue weighted by atomic mass is 9.79. The molecule has 0 radical (unpaired) electrons. The van der Waals surface area contributed by atoms with Crippen molar-refractivity contribution in [3.05, 3.63) is 12.2 Å². The molecular weight excluding hydrogens is 124 g/mol. The molecule has 10 heavy (non-hydrogen) atoms. The molecule has 2 aliphatic carbocycles. The molecule has 0 aromatic carbocycles. The van der Waals surface area contributed by atoms with Gasteiger partial charge in [-0.1, -0.05) is 26.0 Å². The van der Waals surface area contributed by atoms with E-state index in [2.05, 4.69) is 19.9 Å². The lowest BCUT2D eigenvalue weighted by molar-refractivity contribution is 0.0878. The largest absolute Gasteiger partial charge is 0.386 e. The minimum Gasteiger partial charge on any atom is -0.386 e. The Balaban J connectivity index is 2.35. The summed E-state index contributed by atoms with van der Waals surface area (Å²) in [5, 5.41) is 9.79. The number of hydrogen-bond acceptors (Lipinski definition) is 1. The highest BCUT2D eigenvalue weighted by atomic mass is 16.3. The summed E-state index contributed by atoms with van der Waals surface area (Å²) in [6.07, 6.45) is 6.05. The molecule has 0 saturated heterocycles. The summed E-state index contributed by atoms with van der Waals surface area (Å²) < 4.78 is 0. The maximum absolute atomic E-state index is 9.79. The third-order valence-corrected chi connectivity index (χ3v) is 2.98. The van der Waals surface area contributed by atoms with E-state index in [4.69, 9.17) is 0 Å². The highest BCUT2D eigenvalue weighted by Gasteiger charge is 2.49. The molecule has 2 atom stereocenters. The fourth-order valence-corrected chi connectivity index (χ4v) is 2.40. The fraction of sp³-hybridized carbons (Fsp3) is 0.778. The molecule has 1 heteroatoms. The normalized spacial score (nSPS) is 48.5. The van der Waals surface area contributed by atoms with Gasteiger partial charge in [0.25, 0.3) is 0 Å². The van der Waals surface area contributed by atoms with Crippen molar-refractivity contribution < 1.29 is 5.11 Å². The van der Waals surface area contributed by atoms with Crippen LogP contribution in [-0.4, -0.2) is 10.7 Å². The van der Waals surface area contributed by atoms with Crippen LogP contribution >= 0.6 is 0 Å². The van der Waals surface area contributed by atoms with E-state index < -0.39 is 5.60 Å². The van der Waals surface area contributed by atoms with E-state index in [1.807, 2.05) is 6.08 Å². The quantitative estimate of drug-likeness (QED) is 0.505. The smallest absolute Gasteiger partial charge is 0.0838 e. The second-order valence-corrected chi connectivity index (χ2v) is 4.44. The summed E-state index contributed by atoms with van der Waals surface area (Å²) in [5.74, 6) is 0.623. The monoisotopic (exact) mass is 138 g/mol. The van der Waals surface area contributed by atoms with Gasteiger partial charge in [0, 0.05) is 0 Å². The van der Waals surface area contributed by atoms with Crippen molar-refractivity contribution in [2.45, 2.75) is 32.3 Å². The summed E-state index contributed by atoms with van der Waals surface area (Å²) in [5.41, 5.74) is -0.0995. The van der Waals surface area contributed by atoms with Gasteiger partial charge in [0.15, 0.2) is 0 Å². The Morgan fingerprint density at radius 3 is 2.40 bits per heavy atom. The molecule has 0 aliphatic heterocycles. The zero-order chi connectivity index (χ0) is 7.41. The predicted molar refractivity (Wildman–Crippen MR) is 40.6 cm³/mol. The van der Waals surface area contributed by atoms with E-state index in [1.165, 1.54) is 0 Å². The molecule has 2 aliphatic rings. The van der Waals surface area contributed by atoms with Crippen LogP contribution in [0.15, 0.2) is 12.2 Å². The predicted octanol–water partition coefficient (Wildman–Crippen LogP) is 1.72. The van der Waals surface area contributed by atoms with E-state index in [9.17, 15) is 5.11 Å². The molecule has 0 aromatic rings. The zero-order valence-corrected chi connectivity index (χ0v) is 6.59. The Kier molecular flexibility index (Phi) is 0.946. The molecule has 1 N–H and O–H groups in total. The molecule has 1 fully saturated rings. The van der Waals surface area contributed by atoms with E-state index >= 15 is 0 Å². The van der Waals surface area contributed by atoms with Crippen molar-refractivity contribution >= 4 is 0 Å². The second kappa shape index (κ2) is 1.48. The molecule has 1 saturated carbocycles. The first kappa shape index (κ1) is 6.41. The first-order valence-corrected chi connectivity index (χ1v) is 3.94. The van der Waals surface area contributed by atoms with Crippen LogP contribution in [0.1, 0.15) is 26.7 Å². The minimum atomic E-state index is -0.436. The number of fused-ring (bicyclic) bond motifs is 2. The summed E-state index contributed by atoms with van der Waals surface area (Å²) >= 11 is 0. The molecule has 1 nitrogen and oxygen atoms in total. The average molecular weight is 138 g/mol. The molecule has 2 rings (SSSR count). The van der Waals surface area contributed by atoms with Crippen molar-refractivity contribution in [1.29, 1.82) is 0 Å². The number of aliphatic hydroxyl groups is 1. The van der Waals surface area contributed by atoms with Crippen molar-refractivity contribution in [3.63, 3.8) is 0 Å². The van der Waals surface area contributed by atoms with Crippen LogP contribution in [0.25, 0.3) is 0 Å². The standard InChI is InChI=1S/C9H14O/c1-8(2)6-9(10)4-3-7(8)5-9/h3-4,7,10H,5-6H2,1-2H3. The minimum absolute atomic E-state index is 0.337. The first-order chi connectivity index (χ1) is 4.52. The maximum atomic E-state index is 9.79. The number of allylic oxidation sites excluding steroid dienone is 1. The average Bonchev–Trinajstić information content (AvgIpc) is 2.16. The molecule has 56 valence electrons. The van der Waals surface area contributed by atoms with Crippen molar-refractivity contribution in [2.24, 2.45) is 11.3 Å². The SMILES string of the molecule is CC1(C)CC2(O)C=CC1C2. The Morgan fingerprint density at radius 1 is 1.50 bits per heavy atom. The molecule has 0 heterocycles. The van der Waals surface area contributed by atoms with Gasteiger partial charge in [-0.2, -0.15) is 0 Å². The Labute approximate surface area is 61.8 Å². The third-order valence-electron chi connectivity index (χ3n) is 2.98. The van der Waals surface area contributed by atoms with Crippen LogP contribution in [0.3, 0.4) is 0 Å². The molecular formula is C9H14O. The summed E-state index contributed by atoms with van der Waals surface area (Å²) in [6.45, 7) is 4.47. The highest BCUT2D eigenvalue weighted by molar-refractivity contribution is 5.22. The van der Waals surface area contributed by atoms with E-state index in [-0.39, 0.29) is 0 Å². The van der Waals surface area contributed by atoms with Gasteiger partial charge in [-0.05, 0) is 24.2 Å². The van der Waals surface area contributed by atoms with Crippen LogP contribution < -0.4 is 0 Å². The lowest BCUT2D eigenvalue weighted by Gasteiger charge is -2.27. The van der Waals surface area contributed by atoms with Gasteiger partial charge in [-0.25, -0.2) is 0 Å². The Bertz CT molecular complexity index is 193. The third kappa shape index (κ3) is 0.671. The van der Waals surface area contributed by atoms with E-state index in [1.54, 1.807) is 0 Å². The van der Waals surface area contributed by atoms with E-state index in [0.29, 0.717) is 11.3 Å². The Morgan fingerprint density at radius 2 is 2.20 bits per heavy atom. The van der Waals surface area contributed by atoms with E-state index in [0.717, 1.165) is 12.8 Å². The topological polar surface area (TPSA) is 20.2 Å². The van der Waals surface area contributed by atoms with Crippen LogP contribution in [0.4, 0.5) is 0 Å². The van der Waals surface area contributed by atoms with Gasteiger partial charge in [0.05, 0.1) is 5.60 Å². The van der Waals surface area contributed by atoms with Crippen LogP contribution in [0.2, 0.25) is 0 Å². The van der Waals surface area contributed by atoms with Gasteiger partial charge in [0.2, 0.25) is 0 Å². The van der Waals surface area contributed by atoms with Crippen molar-refractivity contribution in [1.82, 2.24) is 0 Å². The summed E-state index contributed by atoms with van der Waals surface area (Å²) in [7, 11) is 0. The highest BCUT2D eigenvalue weighted by Crippen LogP contribution is 2.53. The molecule has 0 spiro atoms. The molecule has 2 unspecified atom stereocenters. The summed E-state index contributed by atoms with van der Waals surface area (Å²) in [6, 6.07) is 0. The van der Waals surface area contributed by atoms with Gasteiger partial charge in [-0.3, -0.25) is 0 Å². The van der Waals surface area contributed by atoms with Crippen molar-refractivity contribution in [3.8, 4) is 0 Å². The zero-order valence-electron chi connectivity index (χ0n) is 6.59. The van der Waals surface area contributed by atoms with Gasteiger partial charge in [0.1, 0.15) is 0 Å². The lowest BCUT2D eigenvalue weighted by Crippen LogP contribution is -2.24. The number of hydrogen-bond donors (Lipinski definition) is 1. The second-order valence-electron chi connectivity index (χ2n) is 4.44. The fourth-order valence-electron chi connectivity index (χ4n) is 2.40. The van der Waals surface area contributed by atoms with Gasteiger partial charge < -0.3 is 5.11 Å². The molecule has 2 bridgehead atoms. The van der Waals surface area contributed by atoms with Crippen molar-refractivity contribution in [2.75, 3.05) is 0 Å².